The van der Waals surface area contributed by atoms with Crippen LogP contribution in [0, 0.1) is 0 Å². The van der Waals surface area contributed by atoms with Crippen molar-refractivity contribution in [3.8, 4) is 11.5 Å². The van der Waals surface area contributed by atoms with E-state index in [1.54, 1.807) is 6.20 Å². The third kappa shape index (κ3) is 4.20. The van der Waals surface area contributed by atoms with E-state index in [-0.39, 0.29) is 12.1 Å². The van der Waals surface area contributed by atoms with E-state index >= 15 is 0 Å². The number of piperazine rings is 1. The standard InChI is InChI=1S/C21H26N4O3/c1-2-18(17-4-3-7-22-13-17)23-21(26)25-10-8-24(9-11-25)14-16-5-6-19-20(12-16)28-15-27-19/h3-7,12-13,18H,2,8-11,14-15H2,1H3,(H,23,26). The van der Waals surface area contributed by atoms with Crippen LogP contribution in [0.25, 0.3) is 0 Å². The Kier molecular flexibility index (Phi) is 5.62. The lowest BCUT2D eigenvalue weighted by Crippen LogP contribution is -2.51. The molecule has 1 N–H and O–H groups in total. The molecular formula is C21H26N4O3. The topological polar surface area (TPSA) is 66.9 Å². The predicted octanol–water partition coefficient (Wildman–Crippen LogP) is 2.79. The number of carbonyl (C=O) groups is 1. The summed E-state index contributed by atoms with van der Waals surface area (Å²) in [6.45, 7) is 6.36. The number of urea groups is 1. The van der Waals surface area contributed by atoms with Gasteiger partial charge in [0, 0.05) is 45.1 Å². The van der Waals surface area contributed by atoms with Crippen molar-refractivity contribution in [2.75, 3.05) is 33.0 Å². The quantitative estimate of drug-likeness (QED) is 0.861. The molecule has 2 aliphatic heterocycles. The minimum Gasteiger partial charge on any atom is -0.454 e. The zero-order valence-corrected chi connectivity index (χ0v) is 16.1. The Hall–Kier alpha value is -2.80. The molecule has 4 rings (SSSR count). The Labute approximate surface area is 165 Å². The first-order chi connectivity index (χ1) is 13.7. The minimum absolute atomic E-state index is 0.00145. The van der Waals surface area contributed by atoms with Crippen LogP contribution in [0.3, 0.4) is 0 Å². The van der Waals surface area contributed by atoms with Gasteiger partial charge in [0.15, 0.2) is 11.5 Å². The average molecular weight is 382 g/mol. The Morgan fingerprint density at radius 3 is 2.75 bits per heavy atom. The summed E-state index contributed by atoms with van der Waals surface area (Å²) in [7, 11) is 0. The first kappa shape index (κ1) is 18.6. The third-order valence-electron chi connectivity index (χ3n) is 5.30. The van der Waals surface area contributed by atoms with Gasteiger partial charge in [0.25, 0.3) is 0 Å². The van der Waals surface area contributed by atoms with Crippen LogP contribution in [-0.4, -0.2) is 53.8 Å². The minimum atomic E-state index is -0.00661. The number of rotatable bonds is 5. The Morgan fingerprint density at radius 1 is 1.18 bits per heavy atom. The molecule has 0 spiro atoms. The molecule has 2 amide bonds. The molecule has 2 aromatic rings. The van der Waals surface area contributed by atoms with Gasteiger partial charge in [-0.05, 0) is 35.7 Å². The zero-order chi connectivity index (χ0) is 19.3. The Bertz CT molecular complexity index is 807. The number of carbonyl (C=O) groups excluding carboxylic acids is 1. The predicted molar refractivity (Wildman–Crippen MR) is 105 cm³/mol. The SMILES string of the molecule is CCC(NC(=O)N1CCN(Cc2ccc3c(c2)OCO3)CC1)c1cccnc1. The largest absolute Gasteiger partial charge is 0.454 e. The molecule has 148 valence electrons. The summed E-state index contributed by atoms with van der Waals surface area (Å²) < 4.78 is 10.8. The Balaban J connectivity index is 1.28. The fourth-order valence-corrected chi connectivity index (χ4v) is 3.65. The van der Waals surface area contributed by atoms with Crippen molar-refractivity contribution in [1.29, 1.82) is 0 Å². The van der Waals surface area contributed by atoms with Gasteiger partial charge in [-0.15, -0.1) is 0 Å². The lowest BCUT2D eigenvalue weighted by molar-refractivity contribution is 0.133. The van der Waals surface area contributed by atoms with Crippen molar-refractivity contribution in [3.05, 3.63) is 53.9 Å². The van der Waals surface area contributed by atoms with Gasteiger partial charge in [-0.1, -0.05) is 19.1 Å². The van der Waals surface area contributed by atoms with E-state index in [9.17, 15) is 4.79 Å². The number of ether oxygens (including phenoxy) is 2. The number of hydrogen-bond donors (Lipinski definition) is 1. The van der Waals surface area contributed by atoms with E-state index in [2.05, 4.69) is 28.2 Å². The summed E-state index contributed by atoms with van der Waals surface area (Å²) >= 11 is 0. The summed E-state index contributed by atoms with van der Waals surface area (Å²) in [5.41, 5.74) is 2.24. The van der Waals surface area contributed by atoms with Crippen molar-refractivity contribution in [1.82, 2.24) is 20.1 Å². The first-order valence-electron chi connectivity index (χ1n) is 9.79. The van der Waals surface area contributed by atoms with Crippen LogP contribution >= 0.6 is 0 Å². The van der Waals surface area contributed by atoms with E-state index in [1.807, 2.05) is 35.4 Å². The fourth-order valence-electron chi connectivity index (χ4n) is 3.65. The summed E-state index contributed by atoms with van der Waals surface area (Å²) in [5.74, 6) is 1.63. The van der Waals surface area contributed by atoms with Gasteiger partial charge < -0.3 is 19.7 Å². The van der Waals surface area contributed by atoms with Gasteiger partial charge >= 0.3 is 6.03 Å². The van der Waals surface area contributed by atoms with E-state index in [0.717, 1.165) is 56.2 Å². The molecule has 28 heavy (non-hydrogen) atoms. The normalized spacial score (nSPS) is 17.4. The molecule has 1 atom stereocenters. The van der Waals surface area contributed by atoms with Crippen molar-refractivity contribution in [3.63, 3.8) is 0 Å². The Morgan fingerprint density at radius 2 is 2.00 bits per heavy atom. The second kappa shape index (κ2) is 8.48. The van der Waals surface area contributed by atoms with Crippen LogP contribution in [0.4, 0.5) is 4.79 Å². The maximum Gasteiger partial charge on any atom is 0.317 e. The number of nitrogens with one attached hydrogen (secondary N) is 1. The van der Waals surface area contributed by atoms with Crippen molar-refractivity contribution >= 4 is 6.03 Å². The molecule has 7 heteroatoms. The van der Waals surface area contributed by atoms with Gasteiger partial charge in [0.05, 0.1) is 6.04 Å². The maximum absolute atomic E-state index is 12.7. The number of fused-ring (bicyclic) bond motifs is 1. The highest BCUT2D eigenvalue weighted by Gasteiger charge is 2.23. The van der Waals surface area contributed by atoms with E-state index in [0.29, 0.717) is 6.79 Å². The molecule has 1 aromatic heterocycles. The van der Waals surface area contributed by atoms with E-state index < -0.39 is 0 Å². The van der Waals surface area contributed by atoms with Crippen LogP contribution in [0.5, 0.6) is 11.5 Å². The van der Waals surface area contributed by atoms with Gasteiger partial charge in [-0.25, -0.2) is 4.79 Å². The van der Waals surface area contributed by atoms with Gasteiger partial charge in [0.1, 0.15) is 0 Å². The first-order valence-corrected chi connectivity index (χ1v) is 9.79. The molecule has 1 fully saturated rings. The molecule has 1 aromatic carbocycles. The van der Waals surface area contributed by atoms with Gasteiger partial charge in [-0.2, -0.15) is 0 Å². The monoisotopic (exact) mass is 382 g/mol. The van der Waals surface area contributed by atoms with E-state index in [1.165, 1.54) is 5.56 Å². The number of pyridine rings is 1. The molecule has 0 aliphatic carbocycles. The fraction of sp³-hybridized carbons (Fsp3) is 0.429. The van der Waals surface area contributed by atoms with Crippen LogP contribution in [0.15, 0.2) is 42.7 Å². The van der Waals surface area contributed by atoms with Crippen LogP contribution in [0.1, 0.15) is 30.5 Å². The van der Waals surface area contributed by atoms with Gasteiger partial charge in [-0.3, -0.25) is 9.88 Å². The molecular weight excluding hydrogens is 356 g/mol. The van der Waals surface area contributed by atoms with Crippen molar-refractivity contribution in [2.24, 2.45) is 0 Å². The highest BCUT2D eigenvalue weighted by atomic mass is 16.7. The number of benzene rings is 1. The maximum atomic E-state index is 12.7. The van der Waals surface area contributed by atoms with Crippen molar-refractivity contribution in [2.45, 2.75) is 25.9 Å². The number of aromatic nitrogens is 1. The van der Waals surface area contributed by atoms with Crippen molar-refractivity contribution < 1.29 is 14.3 Å². The third-order valence-corrected chi connectivity index (χ3v) is 5.30. The molecule has 0 bridgehead atoms. The summed E-state index contributed by atoms with van der Waals surface area (Å²) in [4.78, 5) is 21.1. The van der Waals surface area contributed by atoms with Crippen LogP contribution in [-0.2, 0) is 6.54 Å². The molecule has 3 heterocycles. The number of amides is 2. The summed E-state index contributed by atoms with van der Waals surface area (Å²) in [6.07, 6.45) is 4.40. The molecule has 1 unspecified atom stereocenters. The molecule has 2 aliphatic rings. The van der Waals surface area contributed by atoms with Crippen LogP contribution in [0.2, 0.25) is 0 Å². The van der Waals surface area contributed by atoms with Crippen LogP contribution < -0.4 is 14.8 Å². The highest BCUT2D eigenvalue weighted by Crippen LogP contribution is 2.32. The lowest BCUT2D eigenvalue weighted by atomic mass is 10.1. The second-order valence-corrected chi connectivity index (χ2v) is 7.15. The molecule has 7 nitrogen and oxygen atoms in total. The number of hydrogen-bond acceptors (Lipinski definition) is 5. The molecule has 0 saturated carbocycles. The highest BCUT2D eigenvalue weighted by molar-refractivity contribution is 5.74. The van der Waals surface area contributed by atoms with E-state index in [4.69, 9.17) is 9.47 Å². The summed E-state index contributed by atoms with van der Waals surface area (Å²) in [6, 6.07) is 9.98. The smallest absolute Gasteiger partial charge is 0.317 e. The number of nitrogens with zero attached hydrogens (tertiary/aromatic N) is 3. The molecule has 1 saturated heterocycles. The second-order valence-electron chi connectivity index (χ2n) is 7.15. The molecule has 0 radical (unpaired) electrons. The average Bonchev–Trinajstić information content (AvgIpc) is 3.21. The zero-order valence-electron chi connectivity index (χ0n) is 16.1. The lowest BCUT2D eigenvalue weighted by Gasteiger charge is -2.35. The summed E-state index contributed by atoms with van der Waals surface area (Å²) in [5, 5.41) is 3.14. The van der Waals surface area contributed by atoms with Gasteiger partial charge in [0.2, 0.25) is 6.79 Å².